The van der Waals surface area contributed by atoms with Crippen LogP contribution in [0.1, 0.15) is 22.3 Å². The first kappa shape index (κ1) is 13.2. The molecule has 0 aliphatic rings. The van der Waals surface area contributed by atoms with Gasteiger partial charge in [0, 0.05) is 5.38 Å². The Kier molecular flexibility index (Phi) is 4.22. The van der Waals surface area contributed by atoms with Crippen LogP contribution >= 0.6 is 11.3 Å². The van der Waals surface area contributed by atoms with Crippen LogP contribution < -0.4 is 5.32 Å². The number of carbonyl (C=O) groups excluding carboxylic acids is 1. The highest BCUT2D eigenvalue weighted by Crippen LogP contribution is 2.13. The first-order valence-electron chi connectivity index (χ1n) is 4.70. The molecule has 0 fully saturated rings. The van der Waals surface area contributed by atoms with E-state index in [4.69, 9.17) is 10.2 Å². The molecule has 1 atom stereocenters. The van der Waals surface area contributed by atoms with Gasteiger partial charge in [-0.1, -0.05) is 0 Å². The van der Waals surface area contributed by atoms with Crippen molar-refractivity contribution in [3.63, 3.8) is 0 Å². The number of nitrogens with one attached hydrogen (secondary N) is 1. The first-order chi connectivity index (χ1) is 7.91. The van der Waals surface area contributed by atoms with E-state index in [9.17, 15) is 14.4 Å². The number of carbonyl (C=O) groups is 3. The highest BCUT2D eigenvalue weighted by Gasteiger charge is 2.24. The van der Waals surface area contributed by atoms with Crippen molar-refractivity contribution < 1.29 is 24.6 Å². The quantitative estimate of drug-likeness (QED) is 0.720. The molecule has 0 aliphatic heterocycles. The van der Waals surface area contributed by atoms with E-state index in [0.717, 1.165) is 5.56 Å². The van der Waals surface area contributed by atoms with E-state index >= 15 is 0 Å². The lowest BCUT2D eigenvalue weighted by atomic mass is 10.1. The minimum Gasteiger partial charge on any atom is -0.481 e. The Labute approximate surface area is 101 Å². The summed E-state index contributed by atoms with van der Waals surface area (Å²) in [5.74, 6) is -3.22. The summed E-state index contributed by atoms with van der Waals surface area (Å²) >= 11 is 1.32. The molecule has 0 bridgehead atoms. The van der Waals surface area contributed by atoms with Gasteiger partial charge in [0.25, 0.3) is 5.91 Å². The summed E-state index contributed by atoms with van der Waals surface area (Å²) < 4.78 is 0. The third-order valence-corrected chi connectivity index (χ3v) is 2.94. The standard InChI is InChI=1S/C10H11NO5S/c1-5-3-17-4-6(5)9(14)11-7(10(15)16)2-8(12)13/h3-4,7H,2H2,1H3,(H,11,14)(H,12,13)(H,15,16). The lowest BCUT2D eigenvalue weighted by Crippen LogP contribution is -2.42. The summed E-state index contributed by atoms with van der Waals surface area (Å²) in [6, 6.07) is -1.42. The largest absolute Gasteiger partial charge is 0.481 e. The minimum absolute atomic E-state index is 0.367. The summed E-state index contributed by atoms with van der Waals surface area (Å²) in [5.41, 5.74) is 1.10. The molecular weight excluding hydrogens is 246 g/mol. The maximum Gasteiger partial charge on any atom is 0.326 e. The fourth-order valence-corrected chi connectivity index (χ4v) is 2.03. The van der Waals surface area contributed by atoms with Crippen LogP contribution in [0.25, 0.3) is 0 Å². The van der Waals surface area contributed by atoms with Gasteiger partial charge >= 0.3 is 11.9 Å². The van der Waals surface area contributed by atoms with E-state index in [1.165, 1.54) is 11.3 Å². The van der Waals surface area contributed by atoms with Gasteiger partial charge in [-0.15, -0.1) is 0 Å². The van der Waals surface area contributed by atoms with E-state index in [0.29, 0.717) is 5.56 Å². The van der Waals surface area contributed by atoms with E-state index in [1.54, 1.807) is 17.7 Å². The molecule has 0 spiro atoms. The van der Waals surface area contributed by atoms with Gasteiger partial charge in [0.15, 0.2) is 0 Å². The monoisotopic (exact) mass is 257 g/mol. The molecule has 1 aromatic rings. The Morgan fingerprint density at radius 1 is 1.35 bits per heavy atom. The second kappa shape index (κ2) is 5.44. The summed E-state index contributed by atoms with van der Waals surface area (Å²) in [7, 11) is 0. The normalized spacial score (nSPS) is 11.8. The Morgan fingerprint density at radius 2 is 2.00 bits per heavy atom. The third kappa shape index (κ3) is 3.56. The van der Waals surface area contributed by atoms with Gasteiger partial charge in [-0.3, -0.25) is 9.59 Å². The summed E-state index contributed by atoms with van der Waals surface area (Å²) in [4.78, 5) is 32.8. The molecule has 6 nitrogen and oxygen atoms in total. The number of hydrogen-bond donors (Lipinski definition) is 3. The van der Waals surface area contributed by atoms with Gasteiger partial charge in [-0.05, 0) is 17.9 Å². The number of amides is 1. The van der Waals surface area contributed by atoms with Crippen molar-refractivity contribution >= 4 is 29.2 Å². The molecule has 1 heterocycles. The number of aryl methyl sites for hydroxylation is 1. The molecule has 1 aromatic heterocycles. The average molecular weight is 257 g/mol. The van der Waals surface area contributed by atoms with Crippen LogP contribution in [-0.4, -0.2) is 34.1 Å². The second-order valence-corrected chi connectivity index (χ2v) is 4.17. The van der Waals surface area contributed by atoms with Crippen molar-refractivity contribution in [3.8, 4) is 0 Å². The lowest BCUT2D eigenvalue weighted by molar-refractivity contribution is -0.145. The van der Waals surface area contributed by atoms with Crippen LogP contribution in [0.2, 0.25) is 0 Å². The molecule has 17 heavy (non-hydrogen) atoms. The Bertz CT molecular complexity index is 453. The molecule has 1 rings (SSSR count). The van der Waals surface area contributed by atoms with Gasteiger partial charge in [0.05, 0.1) is 12.0 Å². The molecule has 0 saturated heterocycles. The molecule has 7 heteroatoms. The Hall–Kier alpha value is -1.89. The van der Waals surface area contributed by atoms with Gasteiger partial charge in [-0.25, -0.2) is 4.79 Å². The van der Waals surface area contributed by atoms with Crippen LogP contribution in [-0.2, 0) is 9.59 Å². The zero-order valence-corrected chi connectivity index (χ0v) is 9.78. The topological polar surface area (TPSA) is 104 Å². The fourth-order valence-electron chi connectivity index (χ4n) is 1.20. The van der Waals surface area contributed by atoms with Crippen LogP contribution in [0, 0.1) is 6.92 Å². The third-order valence-electron chi connectivity index (χ3n) is 2.08. The molecule has 0 aliphatic carbocycles. The molecule has 1 unspecified atom stereocenters. The van der Waals surface area contributed by atoms with E-state index < -0.39 is 30.3 Å². The summed E-state index contributed by atoms with van der Waals surface area (Å²) in [6.45, 7) is 1.72. The first-order valence-corrected chi connectivity index (χ1v) is 5.64. The van der Waals surface area contributed by atoms with E-state index in [2.05, 4.69) is 5.32 Å². The van der Waals surface area contributed by atoms with Crippen molar-refractivity contribution in [2.45, 2.75) is 19.4 Å². The number of aliphatic carboxylic acids is 2. The predicted octanol–water partition coefficient (Wildman–Crippen LogP) is 0.714. The van der Waals surface area contributed by atoms with Crippen LogP contribution in [0.15, 0.2) is 10.8 Å². The SMILES string of the molecule is Cc1cscc1C(=O)NC(CC(=O)O)C(=O)O. The van der Waals surface area contributed by atoms with Crippen molar-refractivity contribution in [2.24, 2.45) is 0 Å². The Balaban J connectivity index is 2.74. The number of rotatable bonds is 5. The summed E-state index contributed by atoms with van der Waals surface area (Å²) in [5, 5.41) is 22.8. The van der Waals surface area contributed by atoms with Crippen LogP contribution in [0.5, 0.6) is 0 Å². The van der Waals surface area contributed by atoms with Crippen molar-refractivity contribution in [1.82, 2.24) is 5.32 Å². The van der Waals surface area contributed by atoms with E-state index in [-0.39, 0.29) is 0 Å². The predicted molar refractivity (Wildman–Crippen MR) is 60.2 cm³/mol. The smallest absolute Gasteiger partial charge is 0.326 e. The van der Waals surface area contributed by atoms with Crippen molar-refractivity contribution in [1.29, 1.82) is 0 Å². The second-order valence-electron chi connectivity index (χ2n) is 3.43. The van der Waals surface area contributed by atoms with Crippen molar-refractivity contribution in [2.75, 3.05) is 0 Å². The molecule has 3 N–H and O–H groups in total. The lowest BCUT2D eigenvalue weighted by Gasteiger charge is -2.11. The zero-order chi connectivity index (χ0) is 13.0. The summed E-state index contributed by atoms with van der Waals surface area (Å²) in [6.07, 6.45) is -0.649. The molecular formula is C10H11NO5S. The van der Waals surface area contributed by atoms with E-state index in [1.807, 2.05) is 0 Å². The maximum absolute atomic E-state index is 11.7. The number of thiophene rings is 1. The van der Waals surface area contributed by atoms with Gasteiger partial charge in [0.1, 0.15) is 6.04 Å². The van der Waals surface area contributed by atoms with Gasteiger partial charge in [-0.2, -0.15) is 11.3 Å². The minimum atomic E-state index is -1.42. The van der Waals surface area contributed by atoms with Crippen LogP contribution in [0.4, 0.5) is 0 Å². The number of carboxylic acids is 2. The molecule has 1 amide bonds. The number of hydrogen-bond acceptors (Lipinski definition) is 4. The van der Waals surface area contributed by atoms with Crippen molar-refractivity contribution in [3.05, 3.63) is 21.9 Å². The zero-order valence-electron chi connectivity index (χ0n) is 8.97. The highest BCUT2D eigenvalue weighted by molar-refractivity contribution is 7.08. The average Bonchev–Trinajstić information content (AvgIpc) is 2.62. The molecule has 0 aromatic carbocycles. The van der Waals surface area contributed by atoms with Gasteiger partial charge < -0.3 is 15.5 Å². The maximum atomic E-state index is 11.7. The fraction of sp³-hybridized carbons (Fsp3) is 0.300. The molecule has 92 valence electrons. The molecule has 0 radical (unpaired) electrons. The molecule has 0 saturated carbocycles. The number of carboxylic acid groups (broad SMARTS) is 2. The van der Waals surface area contributed by atoms with Gasteiger partial charge in [0.2, 0.25) is 0 Å². The highest BCUT2D eigenvalue weighted by atomic mass is 32.1. The Morgan fingerprint density at radius 3 is 2.41 bits per heavy atom. The van der Waals surface area contributed by atoms with Crippen LogP contribution in [0.3, 0.4) is 0 Å².